The molecule has 2 rings (SSSR count). The fourth-order valence-corrected chi connectivity index (χ4v) is 2.20. The van der Waals surface area contributed by atoms with Gasteiger partial charge in [0.05, 0.1) is 16.6 Å². The Hall–Kier alpha value is -2.52. The Balaban J connectivity index is 2.45. The first-order valence-electron chi connectivity index (χ1n) is 5.97. The van der Waals surface area contributed by atoms with Crippen molar-refractivity contribution in [2.45, 2.75) is 5.92 Å². The zero-order valence-electron chi connectivity index (χ0n) is 10.7. The average Bonchev–Trinajstić information content (AvgIpc) is 2.49. The van der Waals surface area contributed by atoms with Crippen LogP contribution in [-0.4, -0.2) is 10.7 Å². The second-order valence-corrected chi connectivity index (χ2v) is 5.17. The van der Waals surface area contributed by atoms with E-state index in [-0.39, 0.29) is 11.3 Å². The zero-order chi connectivity index (χ0) is 15.4. The van der Waals surface area contributed by atoms with Gasteiger partial charge in [0.1, 0.15) is 5.92 Å². The molecule has 0 saturated heterocycles. The fourth-order valence-electron chi connectivity index (χ4n) is 1.94. The number of ketones is 1. The van der Waals surface area contributed by atoms with Gasteiger partial charge in [-0.25, -0.2) is 0 Å². The molecule has 0 aliphatic carbocycles. The van der Waals surface area contributed by atoms with Crippen molar-refractivity contribution < 1.29 is 9.72 Å². The lowest BCUT2D eigenvalue weighted by Crippen LogP contribution is -2.13. The van der Waals surface area contributed by atoms with E-state index in [1.807, 2.05) is 6.07 Å². The van der Waals surface area contributed by atoms with Gasteiger partial charge in [-0.15, -0.1) is 0 Å². The van der Waals surface area contributed by atoms with Crippen LogP contribution in [0.5, 0.6) is 0 Å². The van der Waals surface area contributed by atoms with Crippen molar-refractivity contribution in [1.82, 2.24) is 0 Å². The van der Waals surface area contributed by atoms with Crippen LogP contribution in [-0.2, 0) is 0 Å². The molecule has 0 heterocycles. The number of rotatable bonds is 4. The smallest absolute Gasteiger partial charge is 0.280 e. The summed E-state index contributed by atoms with van der Waals surface area (Å²) in [7, 11) is 0. The van der Waals surface area contributed by atoms with E-state index in [0.29, 0.717) is 5.56 Å². The molecule has 0 aromatic heterocycles. The molecule has 1 atom stereocenters. The van der Waals surface area contributed by atoms with Crippen molar-refractivity contribution in [1.29, 1.82) is 5.26 Å². The number of nitriles is 1. The normalized spacial score (nSPS) is 11.4. The first-order chi connectivity index (χ1) is 10.0. The van der Waals surface area contributed by atoms with E-state index in [1.54, 1.807) is 24.3 Å². The average molecular weight is 345 g/mol. The molecular formula is C15H9BrN2O3. The van der Waals surface area contributed by atoms with E-state index < -0.39 is 16.6 Å². The number of nitro benzene ring substituents is 1. The van der Waals surface area contributed by atoms with Crippen LogP contribution in [0.2, 0.25) is 0 Å². The van der Waals surface area contributed by atoms with Gasteiger partial charge in [0.2, 0.25) is 0 Å². The van der Waals surface area contributed by atoms with Crippen molar-refractivity contribution in [2.24, 2.45) is 0 Å². The van der Waals surface area contributed by atoms with Gasteiger partial charge >= 0.3 is 0 Å². The summed E-state index contributed by atoms with van der Waals surface area (Å²) in [6.45, 7) is 0. The van der Waals surface area contributed by atoms with E-state index in [4.69, 9.17) is 0 Å². The highest BCUT2D eigenvalue weighted by Gasteiger charge is 2.27. The Morgan fingerprint density at radius 1 is 1.19 bits per heavy atom. The molecule has 0 amide bonds. The van der Waals surface area contributed by atoms with Gasteiger partial charge in [-0.2, -0.15) is 5.26 Å². The van der Waals surface area contributed by atoms with Gasteiger partial charge in [0.25, 0.3) is 5.69 Å². The maximum atomic E-state index is 12.4. The number of nitrogens with zero attached hydrogens (tertiary/aromatic N) is 2. The number of hydrogen-bond acceptors (Lipinski definition) is 4. The Kier molecular flexibility index (Phi) is 4.45. The first kappa shape index (κ1) is 14.9. The van der Waals surface area contributed by atoms with Gasteiger partial charge < -0.3 is 0 Å². The summed E-state index contributed by atoms with van der Waals surface area (Å²) in [6.07, 6.45) is 0. The highest BCUT2D eigenvalue weighted by Crippen LogP contribution is 2.27. The summed E-state index contributed by atoms with van der Waals surface area (Å²) in [5, 5.41) is 20.2. The molecule has 6 heteroatoms. The van der Waals surface area contributed by atoms with E-state index >= 15 is 0 Å². The number of para-hydroxylation sites is 1. The van der Waals surface area contributed by atoms with Crippen LogP contribution in [0.25, 0.3) is 0 Å². The lowest BCUT2D eigenvalue weighted by Gasteiger charge is -2.09. The number of halogens is 1. The van der Waals surface area contributed by atoms with E-state index in [2.05, 4.69) is 15.9 Å². The number of benzene rings is 2. The number of carbonyl (C=O) groups excluding carboxylic acids is 1. The summed E-state index contributed by atoms with van der Waals surface area (Å²) < 4.78 is 0.820. The standard InChI is InChI=1S/C15H9BrN2O3/c16-11-7-5-10(6-8-11)13(9-17)15(19)12-3-1-2-4-14(12)18(20)21/h1-8,13H. The molecule has 21 heavy (non-hydrogen) atoms. The number of hydrogen-bond donors (Lipinski definition) is 0. The Bertz CT molecular complexity index is 735. The van der Waals surface area contributed by atoms with Gasteiger partial charge in [-0.3, -0.25) is 14.9 Å². The van der Waals surface area contributed by atoms with Crippen LogP contribution < -0.4 is 0 Å². The summed E-state index contributed by atoms with van der Waals surface area (Å²) in [5.74, 6) is -1.65. The second kappa shape index (κ2) is 6.29. The summed E-state index contributed by atoms with van der Waals surface area (Å²) in [4.78, 5) is 22.8. The SMILES string of the molecule is N#CC(C(=O)c1ccccc1[N+](=O)[O-])c1ccc(Br)cc1. The third-order valence-electron chi connectivity index (χ3n) is 2.96. The molecule has 5 nitrogen and oxygen atoms in total. The maximum Gasteiger partial charge on any atom is 0.280 e. The van der Waals surface area contributed by atoms with Gasteiger partial charge in [-0.1, -0.05) is 40.2 Å². The largest absolute Gasteiger partial charge is 0.292 e. The summed E-state index contributed by atoms with van der Waals surface area (Å²) in [5.41, 5.74) is 0.153. The molecule has 0 saturated carbocycles. The van der Waals surface area contributed by atoms with Crippen LogP contribution in [0.3, 0.4) is 0 Å². The third-order valence-corrected chi connectivity index (χ3v) is 3.49. The number of Topliss-reactive ketones (excluding diaryl/α,β-unsaturated/α-hetero) is 1. The minimum Gasteiger partial charge on any atom is -0.292 e. The monoisotopic (exact) mass is 344 g/mol. The quantitative estimate of drug-likeness (QED) is 0.479. The van der Waals surface area contributed by atoms with Crippen molar-refractivity contribution in [3.05, 3.63) is 74.2 Å². The Labute approximate surface area is 129 Å². The predicted molar refractivity (Wildman–Crippen MR) is 79.9 cm³/mol. The molecular weight excluding hydrogens is 336 g/mol. The maximum absolute atomic E-state index is 12.4. The van der Waals surface area contributed by atoms with Crippen molar-refractivity contribution >= 4 is 27.4 Å². The molecule has 0 aliphatic rings. The topological polar surface area (TPSA) is 84.0 Å². The lowest BCUT2D eigenvalue weighted by molar-refractivity contribution is -0.385. The van der Waals surface area contributed by atoms with E-state index in [9.17, 15) is 20.2 Å². The molecule has 0 fully saturated rings. The van der Waals surface area contributed by atoms with Crippen LogP contribution in [0.15, 0.2) is 53.0 Å². The Morgan fingerprint density at radius 2 is 1.81 bits per heavy atom. The molecule has 0 spiro atoms. The summed E-state index contributed by atoms with van der Waals surface area (Å²) in [6, 6.07) is 14.3. The van der Waals surface area contributed by atoms with E-state index in [1.165, 1.54) is 24.3 Å². The highest BCUT2D eigenvalue weighted by molar-refractivity contribution is 9.10. The number of carbonyl (C=O) groups is 1. The molecule has 1 unspecified atom stereocenters. The molecule has 0 bridgehead atoms. The van der Waals surface area contributed by atoms with Gasteiger partial charge in [-0.05, 0) is 23.8 Å². The van der Waals surface area contributed by atoms with Crippen LogP contribution in [0.1, 0.15) is 21.8 Å². The van der Waals surface area contributed by atoms with Crippen molar-refractivity contribution in [3.8, 4) is 6.07 Å². The Morgan fingerprint density at radius 3 is 2.38 bits per heavy atom. The minimum atomic E-state index is -1.07. The first-order valence-corrected chi connectivity index (χ1v) is 6.76. The second-order valence-electron chi connectivity index (χ2n) is 4.25. The lowest BCUT2D eigenvalue weighted by atomic mass is 9.91. The van der Waals surface area contributed by atoms with Crippen LogP contribution in [0.4, 0.5) is 5.69 Å². The molecule has 0 aliphatic heterocycles. The highest BCUT2D eigenvalue weighted by atomic mass is 79.9. The van der Waals surface area contributed by atoms with Crippen LogP contribution in [0, 0.1) is 21.4 Å². The van der Waals surface area contributed by atoms with E-state index in [0.717, 1.165) is 4.47 Å². The molecule has 104 valence electrons. The molecule has 0 radical (unpaired) electrons. The molecule has 2 aromatic carbocycles. The van der Waals surface area contributed by atoms with Crippen molar-refractivity contribution in [2.75, 3.05) is 0 Å². The van der Waals surface area contributed by atoms with Crippen molar-refractivity contribution in [3.63, 3.8) is 0 Å². The number of nitro groups is 1. The zero-order valence-corrected chi connectivity index (χ0v) is 12.3. The van der Waals surface area contributed by atoms with Gasteiger partial charge in [0, 0.05) is 10.5 Å². The summed E-state index contributed by atoms with van der Waals surface area (Å²) >= 11 is 3.27. The fraction of sp³-hybridized carbons (Fsp3) is 0.0667. The third kappa shape index (κ3) is 3.15. The molecule has 0 N–H and O–H groups in total. The van der Waals surface area contributed by atoms with Gasteiger partial charge in [0.15, 0.2) is 5.78 Å². The predicted octanol–water partition coefficient (Wildman–Crippen LogP) is 3.85. The minimum absolute atomic E-state index is 0.0584. The molecule has 2 aromatic rings. The van der Waals surface area contributed by atoms with Crippen LogP contribution >= 0.6 is 15.9 Å².